The molecular formula is C33H39F2N5O7S. The Labute approximate surface area is 280 Å². The molecule has 1 unspecified atom stereocenters. The van der Waals surface area contributed by atoms with Gasteiger partial charge in [-0.15, -0.1) is 11.3 Å². The van der Waals surface area contributed by atoms with Crippen molar-refractivity contribution in [1.29, 1.82) is 0 Å². The number of amides is 3. The monoisotopic (exact) mass is 687 g/mol. The molecule has 2 fully saturated rings. The second-order valence-corrected chi connectivity index (χ2v) is 15.1. The Bertz CT molecular complexity index is 1710. The highest BCUT2D eigenvalue weighted by Crippen LogP contribution is 2.48. The van der Waals surface area contributed by atoms with Gasteiger partial charge >= 0.3 is 12.1 Å². The molecule has 3 heterocycles. The van der Waals surface area contributed by atoms with Gasteiger partial charge in [0.05, 0.1) is 28.4 Å². The number of aliphatic carboxylic acids is 1. The van der Waals surface area contributed by atoms with Crippen LogP contribution < -0.4 is 15.4 Å². The van der Waals surface area contributed by atoms with Crippen molar-refractivity contribution in [3.8, 4) is 16.5 Å². The molecule has 1 saturated heterocycles. The maximum atomic E-state index is 14.3. The lowest BCUT2D eigenvalue weighted by Crippen LogP contribution is -2.59. The first kappa shape index (κ1) is 34.9. The highest BCUT2D eigenvalue weighted by Gasteiger charge is 2.66. The number of likely N-dealkylation sites (tertiary alicyclic amines) is 1. The summed E-state index contributed by atoms with van der Waals surface area (Å²) in [6, 6.07) is 8.41. The smallest absolute Gasteiger partial charge is 0.408 e. The third-order valence-corrected chi connectivity index (χ3v) is 9.12. The third kappa shape index (κ3) is 7.35. The molecule has 1 aromatic carbocycles. The number of nitrogens with zero attached hydrogens (tertiary/aromatic N) is 3. The molecule has 5 rings (SSSR count). The van der Waals surface area contributed by atoms with Gasteiger partial charge in [-0.05, 0) is 56.2 Å². The average molecular weight is 688 g/mol. The molecule has 1 saturated carbocycles. The zero-order chi connectivity index (χ0) is 35.2. The van der Waals surface area contributed by atoms with Gasteiger partial charge < -0.3 is 30.1 Å². The topological polar surface area (TPSA) is 160 Å². The summed E-state index contributed by atoms with van der Waals surface area (Å²) < 4.78 is 38.9. The molecule has 48 heavy (non-hydrogen) atoms. The van der Waals surface area contributed by atoms with Gasteiger partial charge in [0.25, 0.3) is 0 Å². The summed E-state index contributed by atoms with van der Waals surface area (Å²) in [4.78, 5) is 64.4. The summed E-state index contributed by atoms with van der Waals surface area (Å²) in [6.07, 6.45) is -5.22. The number of benzene rings is 1. The fraction of sp³-hybridized carbons (Fsp3) is 0.515. The van der Waals surface area contributed by atoms with Crippen LogP contribution in [0.1, 0.15) is 54.4 Å². The van der Waals surface area contributed by atoms with Gasteiger partial charge in [0, 0.05) is 6.42 Å². The van der Waals surface area contributed by atoms with Crippen molar-refractivity contribution in [2.45, 2.75) is 90.1 Å². The Hall–Kier alpha value is -4.40. The van der Waals surface area contributed by atoms with Crippen LogP contribution in [0.4, 0.5) is 13.6 Å². The number of para-hydroxylation sites is 2. The van der Waals surface area contributed by atoms with Crippen LogP contribution in [-0.2, 0) is 19.1 Å². The molecule has 0 radical (unpaired) electrons. The number of hydrogen-bond acceptors (Lipinski definition) is 9. The highest BCUT2D eigenvalue weighted by atomic mass is 32.1. The Morgan fingerprint density at radius 1 is 1.04 bits per heavy atom. The predicted molar refractivity (Wildman–Crippen MR) is 173 cm³/mol. The molecular weight excluding hydrogens is 648 g/mol. The van der Waals surface area contributed by atoms with E-state index in [1.165, 1.54) is 16.2 Å². The number of nitrogens with one attached hydrogen (secondary N) is 2. The van der Waals surface area contributed by atoms with Gasteiger partial charge in [0.1, 0.15) is 35.0 Å². The van der Waals surface area contributed by atoms with Crippen molar-refractivity contribution in [2.75, 3.05) is 6.54 Å². The van der Waals surface area contributed by atoms with E-state index in [1.807, 2.05) is 29.6 Å². The molecule has 5 atom stereocenters. The summed E-state index contributed by atoms with van der Waals surface area (Å²) in [5, 5.41) is 16.6. The number of halogens is 2. The lowest BCUT2D eigenvalue weighted by atomic mass is 9.85. The summed E-state index contributed by atoms with van der Waals surface area (Å²) in [6.45, 7) is 10.0. The van der Waals surface area contributed by atoms with Crippen LogP contribution in [-0.4, -0.2) is 86.1 Å². The van der Waals surface area contributed by atoms with Gasteiger partial charge in [-0.2, -0.15) is 0 Å². The number of carbonyl (C=O) groups is 4. The van der Waals surface area contributed by atoms with E-state index in [9.17, 15) is 33.1 Å². The number of carbonyl (C=O) groups excluding carboxylic acids is 3. The largest absolute Gasteiger partial charge is 0.479 e. The molecule has 1 aliphatic carbocycles. The van der Waals surface area contributed by atoms with Gasteiger partial charge in [0.15, 0.2) is 0 Å². The molecule has 1 aliphatic heterocycles. The number of carboxylic acids is 1. The number of alkyl halides is 2. The number of fused-ring (bicyclic) bond motifs is 1. The van der Waals surface area contributed by atoms with E-state index in [4.69, 9.17) is 14.5 Å². The van der Waals surface area contributed by atoms with Crippen molar-refractivity contribution < 1.29 is 42.5 Å². The van der Waals surface area contributed by atoms with Crippen molar-refractivity contribution >= 4 is 46.2 Å². The van der Waals surface area contributed by atoms with E-state index >= 15 is 0 Å². The molecule has 3 amide bonds. The number of ether oxygens (including phenoxy) is 2. The fourth-order valence-corrected chi connectivity index (χ4v) is 6.46. The van der Waals surface area contributed by atoms with Gasteiger partial charge in [-0.1, -0.05) is 39.0 Å². The van der Waals surface area contributed by atoms with Crippen molar-refractivity contribution in [3.63, 3.8) is 0 Å². The van der Waals surface area contributed by atoms with Crippen LogP contribution >= 0.6 is 11.3 Å². The Morgan fingerprint density at radius 2 is 1.71 bits per heavy atom. The summed E-state index contributed by atoms with van der Waals surface area (Å²) in [5.74, 6) is -4.58. The highest BCUT2D eigenvalue weighted by molar-refractivity contribution is 7.13. The Balaban J connectivity index is 1.48. The van der Waals surface area contributed by atoms with Gasteiger partial charge in [-0.25, -0.2) is 28.3 Å². The first-order chi connectivity index (χ1) is 22.4. The van der Waals surface area contributed by atoms with E-state index in [1.54, 1.807) is 53.7 Å². The number of hydrogen-bond donors (Lipinski definition) is 3. The Morgan fingerprint density at radius 3 is 2.25 bits per heavy atom. The number of alkyl carbamates (subject to hydrolysis) is 1. The number of thiophene rings is 1. The van der Waals surface area contributed by atoms with E-state index in [0.29, 0.717) is 16.7 Å². The predicted octanol–water partition coefficient (Wildman–Crippen LogP) is 4.87. The zero-order valence-corrected chi connectivity index (χ0v) is 28.3. The molecule has 3 aromatic rings. The van der Waals surface area contributed by atoms with Crippen molar-refractivity contribution in [1.82, 2.24) is 25.5 Å². The van der Waals surface area contributed by atoms with Crippen LogP contribution in [0.25, 0.3) is 21.6 Å². The second kappa shape index (κ2) is 12.9. The normalized spacial score (nSPS) is 23.1. The summed E-state index contributed by atoms with van der Waals surface area (Å²) in [5.41, 5.74) is -2.25. The minimum Gasteiger partial charge on any atom is -0.479 e. The lowest BCUT2D eigenvalue weighted by Gasteiger charge is -2.35. The minimum absolute atomic E-state index is 0.117. The standard InChI is InChI=1S/C33H39F2N5O7S/c1-31(2,3)24(38-30(45)47-32(4,5)6)28(42)40-16-17(14-21(40)26(41)39-33(29(43)44)15-18(33)25(34)35)46-27-23(22-12-9-13-48-22)36-19-10-7-8-11-20(19)37-27/h7-13,17-18,21,24-25H,14-16H2,1-6H3,(H,38,45)(H,39,41)(H,43,44)/t17-,18+,21?,24-,33-/m1/s1. The quantitative estimate of drug-likeness (QED) is 0.285. The van der Waals surface area contributed by atoms with Gasteiger partial charge in [0.2, 0.25) is 24.1 Å². The second-order valence-electron chi connectivity index (χ2n) is 14.2. The van der Waals surface area contributed by atoms with Crippen LogP contribution in [0.3, 0.4) is 0 Å². The SMILES string of the molecule is CC(C)(C)OC(=O)N[C@H](C(=O)N1C[C@H](Oc2nc3ccccc3nc2-c2cccs2)CC1C(=O)N[C@]1(C(=O)O)C[C@H]1C(F)F)C(C)(C)C. The number of aromatic nitrogens is 2. The number of rotatable bonds is 9. The first-order valence-electron chi connectivity index (χ1n) is 15.5. The maximum absolute atomic E-state index is 14.3. The van der Waals surface area contributed by atoms with Crippen molar-refractivity contribution in [2.24, 2.45) is 11.3 Å². The maximum Gasteiger partial charge on any atom is 0.408 e. The third-order valence-electron chi connectivity index (χ3n) is 8.24. The van der Waals surface area contributed by atoms with Crippen LogP contribution in [0, 0.1) is 11.3 Å². The lowest BCUT2D eigenvalue weighted by molar-refractivity contribution is -0.147. The zero-order valence-electron chi connectivity index (χ0n) is 27.5. The van der Waals surface area contributed by atoms with E-state index in [-0.39, 0.29) is 18.8 Å². The minimum atomic E-state index is -2.97. The van der Waals surface area contributed by atoms with Gasteiger partial charge in [-0.3, -0.25) is 9.59 Å². The molecule has 258 valence electrons. The van der Waals surface area contributed by atoms with Crippen LogP contribution in [0.15, 0.2) is 41.8 Å². The fourth-order valence-electron chi connectivity index (χ4n) is 5.75. The van der Waals surface area contributed by atoms with E-state index in [2.05, 4.69) is 15.6 Å². The summed E-state index contributed by atoms with van der Waals surface area (Å²) >= 11 is 1.42. The molecule has 2 aliphatic rings. The molecule has 12 nitrogen and oxygen atoms in total. The number of carboxylic acid groups (broad SMARTS) is 1. The first-order valence-corrected chi connectivity index (χ1v) is 16.4. The Kier molecular flexibility index (Phi) is 9.38. The van der Waals surface area contributed by atoms with Crippen LogP contribution in [0.5, 0.6) is 5.88 Å². The molecule has 0 bridgehead atoms. The van der Waals surface area contributed by atoms with E-state index in [0.717, 1.165) is 4.88 Å². The summed E-state index contributed by atoms with van der Waals surface area (Å²) in [7, 11) is 0. The molecule has 0 spiro atoms. The van der Waals surface area contributed by atoms with E-state index < -0.39 is 77.4 Å². The molecule has 2 aromatic heterocycles. The average Bonchev–Trinajstić information content (AvgIpc) is 3.28. The molecule has 15 heteroatoms. The van der Waals surface area contributed by atoms with Crippen LogP contribution in [0.2, 0.25) is 0 Å². The molecule has 3 N–H and O–H groups in total. The van der Waals surface area contributed by atoms with Crippen molar-refractivity contribution in [3.05, 3.63) is 41.8 Å².